The first-order valence-electron chi connectivity index (χ1n) is 6.72. The summed E-state index contributed by atoms with van der Waals surface area (Å²) in [4.78, 5) is 24.3. The van der Waals surface area contributed by atoms with E-state index in [2.05, 4.69) is 5.32 Å². The van der Waals surface area contributed by atoms with Gasteiger partial charge in [-0.1, -0.05) is 12.1 Å². The third-order valence-corrected chi connectivity index (χ3v) is 3.91. The molecule has 5 nitrogen and oxygen atoms in total. The molecular weight excluding hydrogens is 302 g/mol. The van der Waals surface area contributed by atoms with Crippen molar-refractivity contribution in [2.24, 2.45) is 0 Å². The maximum Gasteiger partial charge on any atom is 0.305 e. The minimum absolute atomic E-state index is 0.175. The molecule has 1 aromatic heterocycles. The van der Waals surface area contributed by atoms with Crippen molar-refractivity contribution in [3.05, 3.63) is 53.5 Å². The molecule has 1 aromatic carbocycles. The predicted molar refractivity (Wildman–Crippen MR) is 84.1 cm³/mol. The Labute approximate surface area is 132 Å². The number of rotatable bonds is 6. The number of hydrogen-bond acceptors (Lipinski definition) is 4. The summed E-state index contributed by atoms with van der Waals surface area (Å²) in [5, 5.41) is 11.8. The second-order valence-corrected chi connectivity index (χ2v) is 5.69. The van der Waals surface area contributed by atoms with E-state index in [4.69, 9.17) is 9.52 Å². The number of hydrogen-bond donors (Lipinski definition) is 2. The number of thioether (sulfide) groups is 1. The predicted octanol–water partition coefficient (Wildman–Crippen LogP) is 3.26. The van der Waals surface area contributed by atoms with E-state index < -0.39 is 17.9 Å². The Morgan fingerprint density at radius 1 is 1.23 bits per heavy atom. The molecule has 1 atom stereocenters. The molecule has 0 aliphatic carbocycles. The van der Waals surface area contributed by atoms with Gasteiger partial charge >= 0.3 is 5.97 Å². The first-order valence-corrected chi connectivity index (χ1v) is 7.95. The Morgan fingerprint density at radius 3 is 2.41 bits per heavy atom. The number of carboxylic acids is 1. The van der Waals surface area contributed by atoms with E-state index in [-0.39, 0.29) is 12.2 Å². The number of carbonyl (C=O) groups excluding carboxylic acids is 1. The minimum atomic E-state index is -0.977. The summed E-state index contributed by atoms with van der Waals surface area (Å²) in [5.41, 5.74) is 0.747. The maximum atomic E-state index is 12.1. The van der Waals surface area contributed by atoms with Crippen molar-refractivity contribution < 1.29 is 19.1 Å². The summed E-state index contributed by atoms with van der Waals surface area (Å²) in [5.74, 6) is -0.596. The third kappa shape index (κ3) is 4.14. The summed E-state index contributed by atoms with van der Waals surface area (Å²) in [6, 6.07) is 10.1. The van der Waals surface area contributed by atoms with Crippen molar-refractivity contribution in [3.63, 3.8) is 0 Å². The Kier molecular flexibility index (Phi) is 5.27. The number of carbonyl (C=O) groups is 2. The van der Waals surface area contributed by atoms with E-state index in [1.54, 1.807) is 30.8 Å². The van der Waals surface area contributed by atoms with Gasteiger partial charge in [0, 0.05) is 4.90 Å². The molecule has 2 rings (SSSR count). The average Bonchev–Trinajstić information content (AvgIpc) is 2.93. The van der Waals surface area contributed by atoms with E-state index in [0.717, 1.165) is 10.5 Å². The molecular formula is C16H17NO4S. The topological polar surface area (TPSA) is 79.5 Å². The molecule has 0 aliphatic heterocycles. The van der Waals surface area contributed by atoms with Gasteiger partial charge in [-0.15, -0.1) is 11.8 Å². The van der Waals surface area contributed by atoms with Gasteiger partial charge in [0.2, 0.25) is 0 Å². The first kappa shape index (κ1) is 16.2. The molecule has 116 valence electrons. The molecule has 2 aromatic rings. The lowest BCUT2D eigenvalue weighted by atomic mass is 10.0. The van der Waals surface area contributed by atoms with Gasteiger partial charge in [-0.05, 0) is 43.0 Å². The highest BCUT2D eigenvalue weighted by molar-refractivity contribution is 7.98. The lowest BCUT2D eigenvalue weighted by Crippen LogP contribution is -2.29. The van der Waals surface area contributed by atoms with Crippen molar-refractivity contribution >= 4 is 23.6 Å². The molecule has 22 heavy (non-hydrogen) atoms. The summed E-state index contributed by atoms with van der Waals surface area (Å²) < 4.78 is 5.26. The number of aliphatic carboxylic acids is 1. The van der Waals surface area contributed by atoms with Gasteiger partial charge < -0.3 is 14.8 Å². The van der Waals surface area contributed by atoms with Crippen molar-refractivity contribution in [1.29, 1.82) is 0 Å². The molecule has 0 aliphatic rings. The second-order valence-electron chi connectivity index (χ2n) is 4.81. The number of benzene rings is 1. The zero-order chi connectivity index (χ0) is 16.1. The summed E-state index contributed by atoms with van der Waals surface area (Å²) in [6.45, 7) is 1.74. The smallest absolute Gasteiger partial charge is 0.305 e. The maximum absolute atomic E-state index is 12.1. The quantitative estimate of drug-likeness (QED) is 0.799. The van der Waals surface area contributed by atoms with Crippen LogP contribution in [0.15, 0.2) is 45.7 Å². The average molecular weight is 319 g/mol. The van der Waals surface area contributed by atoms with Gasteiger partial charge in [-0.25, -0.2) is 0 Å². The van der Waals surface area contributed by atoms with Crippen LogP contribution in [0.1, 0.15) is 34.3 Å². The van der Waals surface area contributed by atoms with Crippen molar-refractivity contribution in [1.82, 2.24) is 5.32 Å². The monoisotopic (exact) mass is 319 g/mol. The fourth-order valence-electron chi connectivity index (χ4n) is 2.05. The molecule has 0 fully saturated rings. The van der Waals surface area contributed by atoms with Crippen LogP contribution in [0, 0.1) is 6.92 Å². The highest BCUT2D eigenvalue weighted by Crippen LogP contribution is 2.22. The zero-order valence-electron chi connectivity index (χ0n) is 12.3. The number of furan rings is 1. The molecule has 0 bridgehead atoms. The first-order chi connectivity index (χ1) is 10.5. The molecule has 2 N–H and O–H groups in total. The standard InChI is InChI=1S/C16H17NO4S/c1-10-3-8-14(21-10)16(20)17-13(9-15(18)19)11-4-6-12(22-2)7-5-11/h3-8,13H,9H2,1-2H3,(H,17,20)(H,18,19). The Balaban J connectivity index is 2.18. The van der Waals surface area contributed by atoms with E-state index in [1.807, 2.05) is 30.5 Å². The number of nitrogens with one attached hydrogen (secondary N) is 1. The van der Waals surface area contributed by atoms with Crippen LogP contribution in [-0.4, -0.2) is 23.2 Å². The van der Waals surface area contributed by atoms with E-state index in [0.29, 0.717) is 5.76 Å². The summed E-state index contributed by atoms with van der Waals surface area (Å²) in [6.07, 6.45) is 1.77. The van der Waals surface area contributed by atoms with Crippen LogP contribution < -0.4 is 5.32 Å². The van der Waals surface area contributed by atoms with Crippen LogP contribution in [-0.2, 0) is 4.79 Å². The molecule has 1 heterocycles. The van der Waals surface area contributed by atoms with Crippen LogP contribution in [0.25, 0.3) is 0 Å². The fourth-order valence-corrected chi connectivity index (χ4v) is 2.46. The largest absolute Gasteiger partial charge is 0.481 e. The van der Waals surface area contributed by atoms with Gasteiger partial charge in [-0.3, -0.25) is 9.59 Å². The van der Waals surface area contributed by atoms with Crippen LogP contribution in [0.3, 0.4) is 0 Å². The van der Waals surface area contributed by atoms with Crippen molar-refractivity contribution in [2.75, 3.05) is 6.26 Å². The molecule has 1 amide bonds. The number of carboxylic acid groups (broad SMARTS) is 1. The Bertz CT molecular complexity index is 663. The molecule has 1 unspecified atom stereocenters. The molecule has 0 spiro atoms. The number of aryl methyl sites for hydroxylation is 1. The van der Waals surface area contributed by atoms with Crippen LogP contribution in [0.2, 0.25) is 0 Å². The molecule has 0 saturated carbocycles. The summed E-state index contributed by atoms with van der Waals surface area (Å²) >= 11 is 1.60. The molecule has 0 radical (unpaired) electrons. The molecule has 0 saturated heterocycles. The van der Waals surface area contributed by atoms with Crippen molar-refractivity contribution in [3.8, 4) is 0 Å². The lowest BCUT2D eigenvalue weighted by molar-refractivity contribution is -0.137. The third-order valence-electron chi connectivity index (χ3n) is 3.17. The van der Waals surface area contributed by atoms with Gasteiger partial charge in [0.1, 0.15) is 5.76 Å². The Morgan fingerprint density at radius 2 is 1.91 bits per heavy atom. The second kappa shape index (κ2) is 7.17. The zero-order valence-corrected chi connectivity index (χ0v) is 13.1. The van der Waals surface area contributed by atoms with E-state index in [1.165, 1.54) is 0 Å². The van der Waals surface area contributed by atoms with Crippen molar-refractivity contribution in [2.45, 2.75) is 24.3 Å². The van der Waals surface area contributed by atoms with Gasteiger partial charge in [-0.2, -0.15) is 0 Å². The lowest BCUT2D eigenvalue weighted by Gasteiger charge is -2.17. The SMILES string of the molecule is CSc1ccc(C(CC(=O)O)NC(=O)c2ccc(C)o2)cc1. The van der Waals surface area contributed by atoms with Gasteiger partial charge in [0.15, 0.2) is 5.76 Å². The van der Waals surface area contributed by atoms with E-state index in [9.17, 15) is 9.59 Å². The number of amides is 1. The highest BCUT2D eigenvalue weighted by atomic mass is 32.2. The van der Waals surface area contributed by atoms with E-state index >= 15 is 0 Å². The Hall–Kier alpha value is -2.21. The highest BCUT2D eigenvalue weighted by Gasteiger charge is 2.20. The van der Waals surface area contributed by atoms with Crippen LogP contribution in [0.4, 0.5) is 0 Å². The van der Waals surface area contributed by atoms with Crippen LogP contribution in [0.5, 0.6) is 0 Å². The molecule has 6 heteroatoms. The van der Waals surface area contributed by atoms with Gasteiger partial charge in [0.25, 0.3) is 5.91 Å². The summed E-state index contributed by atoms with van der Waals surface area (Å²) in [7, 11) is 0. The van der Waals surface area contributed by atoms with Crippen LogP contribution >= 0.6 is 11.8 Å². The fraction of sp³-hybridized carbons (Fsp3) is 0.250. The normalized spacial score (nSPS) is 11.9. The minimum Gasteiger partial charge on any atom is -0.481 e. The van der Waals surface area contributed by atoms with Gasteiger partial charge in [0.05, 0.1) is 12.5 Å².